The monoisotopic (exact) mass is 486 g/mol. The van der Waals surface area contributed by atoms with Crippen molar-refractivity contribution in [3.05, 3.63) is 90.0 Å². The summed E-state index contributed by atoms with van der Waals surface area (Å²) in [5.74, 6) is -0.561. The Morgan fingerprint density at radius 2 is 1.71 bits per heavy atom. The molecule has 2 aromatic carbocycles. The van der Waals surface area contributed by atoms with Crippen molar-refractivity contribution in [2.75, 3.05) is 0 Å². The van der Waals surface area contributed by atoms with Crippen molar-refractivity contribution in [3.63, 3.8) is 0 Å². The molecule has 1 N–H and O–H groups in total. The largest absolute Gasteiger partial charge is 0.573 e. The summed E-state index contributed by atoms with van der Waals surface area (Å²) < 4.78 is 42.7. The molecule has 0 fully saturated rings. The number of carbonyl (C=O) groups is 1. The summed E-state index contributed by atoms with van der Waals surface area (Å²) in [6, 6.07) is 16.2. The van der Waals surface area contributed by atoms with E-state index in [-0.39, 0.29) is 17.2 Å². The average molecular weight is 486 g/mol. The van der Waals surface area contributed by atoms with Gasteiger partial charge in [-0.25, -0.2) is 14.6 Å². The first-order valence-corrected chi connectivity index (χ1v) is 10.9. The van der Waals surface area contributed by atoms with Crippen LogP contribution in [0.15, 0.2) is 78.2 Å². The molecule has 4 aromatic rings. The van der Waals surface area contributed by atoms with E-state index in [2.05, 4.69) is 30.3 Å². The molecule has 2 heterocycles. The Balaban J connectivity index is 1.59. The van der Waals surface area contributed by atoms with Crippen LogP contribution < -0.4 is 10.1 Å². The standard InChI is InChI=1S/C22H17F3N6O2S/c23-22(24,25)33-17-9-7-16(8-10-17)31-18(14-34-21-26-11-4-12-27-21)19(29-30-31)20(32)28-13-15-5-2-1-3-6-15/h1-12H,13-14H2,(H,28,32). The number of nitrogens with one attached hydrogen (secondary N) is 1. The van der Waals surface area contributed by atoms with Gasteiger partial charge in [-0.2, -0.15) is 0 Å². The highest BCUT2D eigenvalue weighted by Crippen LogP contribution is 2.26. The number of rotatable bonds is 8. The smallest absolute Gasteiger partial charge is 0.406 e. The van der Waals surface area contributed by atoms with Crippen LogP contribution in [0.4, 0.5) is 13.2 Å². The average Bonchev–Trinajstić information content (AvgIpc) is 3.26. The molecule has 0 aliphatic rings. The summed E-state index contributed by atoms with van der Waals surface area (Å²) in [4.78, 5) is 21.2. The molecule has 34 heavy (non-hydrogen) atoms. The Morgan fingerprint density at radius 1 is 1.00 bits per heavy atom. The van der Waals surface area contributed by atoms with Crippen LogP contribution in [-0.4, -0.2) is 37.2 Å². The summed E-state index contributed by atoms with van der Waals surface area (Å²) >= 11 is 1.27. The van der Waals surface area contributed by atoms with Crippen molar-refractivity contribution in [2.24, 2.45) is 0 Å². The van der Waals surface area contributed by atoms with Crippen molar-refractivity contribution < 1.29 is 22.7 Å². The second-order valence-corrected chi connectivity index (χ2v) is 7.77. The van der Waals surface area contributed by atoms with Gasteiger partial charge in [-0.05, 0) is 35.9 Å². The van der Waals surface area contributed by atoms with Gasteiger partial charge < -0.3 is 10.1 Å². The van der Waals surface area contributed by atoms with Gasteiger partial charge >= 0.3 is 6.36 Å². The molecule has 0 saturated heterocycles. The first-order chi connectivity index (χ1) is 16.4. The third kappa shape index (κ3) is 6.10. The second kappa shape index (κ2) is 10.3. The summed E-state index contributed by atoms with van der Waals surface area (Å²) in [6.45, 7) is 0.296. The zero-order chi connectivity index (χ0) is 24.0. The molecule has 2 aromatic heterocycles. The highest BCUT2D eigenvalue weighted by atomic mass is 32.2. The number of hydrogen-bond acceptors (Lipinski definition) is 7. The van der Waals surface area contributed by atoms with Crippen LogP contribution in [0.1, 0.15) is 21.7 Å². The lowest BCUT2D eigenvalue weighted by molar-refractivity contribution is -0.274. The Kier molecular flexibility index (Phi) is 7.07. The minimum Gasteiger partial charge on any atom is -0.406 e. The fourth-order valence-corrected chi connectivity index (χ4v) is 3.75. The zero-order valence-corrected chi connectivity index (χ0v) is 18.3. The lowest BCUT2D eigenvalue weighted by Gasteiger charge is -2.11. The van der Waals surface area contributed by atoms with Crippen molar-refractivity contribution in [2.45, 2.75) is 23.8 Å². The molecule has 0 saturated carbocycles. The van der Waals surface area contributed by atoms with E-state index in [1.54, 1.807) is 18.5 Å². The van der Waals surface area contributed by atoms with Crippen LogP contribution in [0, 0.1) is 0 Å². The molecule has 0 unspecified atom stereocenters. The number of nitrogens with zero attached hydrogens (tertiary/aromatic N) is 5. The van der Waals surface area contributed by atoms with Crippen molar-refractivity contribution in [1.82, 2.24) is 30.3 Å². The number of carbonyl (C=O) groups excluding carboxylic acids is 1. The second-order valence-electron chi connectivity index (χ2n) is 6.83. The van der Waals surface area contributed by atoms with Gasteiger partial charge in [0, 0.05) is 24.7 Å². The van der Waals surface area contributed by atoms with E-state index in [0.717, 1.165) is 17.7 Å². The van der Waals surface area contributed by atoms with Gasteiger partial charge in [-0.15, -0.1) is 18.3 Å². The number of hydrogen-bond donors (Lipinski definition) is 1. The van der Waals surface area contributed by atoms with Gasteiger partial charge in [0.15, 0.2) is 10.9 Å². The van der Waals surface area contributed by atoms with E-state index < -0.39 is 12.3 Å². The molecule has 0 bridgehead atoms. The Labute approximate surface area is 196 Å². The Morgan fingerprint density at radius 3 is 2.38 bits per heavy atom. The molecule has 0 atom stereocenters. The van der Waals surface area contributed by atoms with E-state index in [0.29, 0.717) is 23.1 Å². The molecular formula is C22H17F3N6O2S. The van der Waals surface area contributed by atoms with Crippen LogP contribution in [0.5, 0.6) is 5.75 Å². The van der Waals surface area contributed by atoms with Crippen LogP contribution >= 0.6 is 11.8 Å². The quantitative estimate of drug-likeness (QED) is 0.295. The molecule has 4 rings (SSSR count). The number of benzene rings is 2. The van der Waals surface area contributed by atoms with Gasteiger partial charge in [0.2, 0.25) is 0 Å². The predicted molar refractivity (Wildman–Crippen MR) is 117 cm³/mol. The number of thioether (sulfide) groups is 1. The molecule has 1 amide bonds. The molecular weight excluding hydrogens is 469 g/mol. The highest BCUT2D eigenvalue weighted by molar-refractivity contribution is 7.98. The lowest BCUT2D eigenvalue weighted by Crippen LogP contribution is -2.24. The van der Waals surface area contributed by atoms with Gasteiger partial charge in [0.1, 0.15) is 5.75 Å². The van der Waals surface area contributed by atoms with Crippen molar-refractivity contribution >= 4 is 17.7 Å². The first-order valence-electron chi connectivity index (χ1n) is 9.92. The number of aromatic nitrogens is 5. The summed E-state index contributed by atoms with van der Waals surface area (Å²) in [5, 5.41) is 11.4. The lowest BCUT2D eigenvalue weighted by atomic mass is 10.2. The van der Waals surface area contributed by atoms with Crippen LogP contribution in [0.3, 0.4) is 0 Å². The van der Waals surface area contributed by atoms with Crippen LogP contribution in [0.2, 0.25) is 0 Å². The number of ether oxygens (including phenoxy) is 1. The molecule has 174 valence electrons. The van der Waals surface area contributed by atoms with E-state index in [1.807, 2.05) is 30.3 Å². The molecule has 8 nitrogen and oxygen atoms in total. The normalized spacial score (nSPS) is 11.3. The van der Waals surface area contributed by atoms with Gasteiger partial charge in [0.05, 0.1) is 11.4 Å². The highest BCUT2D eigenvalue weighted by Gasteiger charge is 2.31. The maximum absolute atomic E-state index is 12.9. The minimum atomic E-state index is -4.80. The van der Waals surface area contributed by atoms with Crippen LogP contribution in [0.25, 0.3) is 5.69 Å². The van der Waals surface area contributed by atoms with E-state index in [9.17, 15) is 18.0 Å². The van der Waals surface area contributed by atoms with E-state index >= 15 is 0 Å². The summed E-state index contributed by atoms with van der Waals surface area (Å²) in [7, 11) is 0. The molecule has 0 radical (unpaired) electrons. The Bertz CT molecular complexity index is 1240. The van der Waals surface area contributed by atoms with E-state index in [4.69, 9.17) is 0 Å². The Hall–Kier alpha value is -3.93. The van der Waals surface area contributed by atoms with Gasteiger partial charge in [-0.1, -0.05) is 47.3 Å². The summed E-state index contributed by atoms with van der Waals surface area (Å²) in [5.41, 5.74) is 1.85. The fraction of sp³-hybridized carbons (Fsp3) is 0.136. The third-order valence-corrected chi connectivity index (χ3v) is 5.36. The fourth-order valence-electron chi connectivity index (χ4n) is 2.96. The zero-order valence-electron chi connectivity index (χ0n) is 17.4. The van der Waals surface area contributed by atoms with Crippen molar-refractivity contribution in [3.8, 4) is 11.4 Å². The molecule has 0 aliphatic heterocycles. The molecule has 12 heteroatoms. The van der Waals surface area contributed by atoms with E-state index in [1.165, 1.54) is 28.6 Å². The minimum absolute atomic E-state index is 0.0926. The molecule has 0 aliphatic carbocycles. The predicted octanol–water partition coefficient (Wildman–Crippen LogP) is 4.18. The SMILES string of the molecule is O=C(NCc1ccccc1)c1nnn(-c2ccc(OC(F)(F)F)cc2)c1CSc1ncccn1. The van der Waals surface area contributed by atoms with Gasteiger partial charge in [0.25, 0.3) is 5.91 Å². The van der Waals surface area contributed by atoms with Crippen molar-refractivity contribution in [1.29, 1.82) is 0 Å². The summed E-state index contributed by atoms with van der Waals surface area (Å²) in [6.07, 6.45) is -1.61. The number of halogens is 3. The number of alkyl halides is 3. The maximum atomic E-state index is 12.9. The van der Waals surface area contributed by atoms with Gasteiger partial charge in [-0.3, -0.25) is 4.79 Å². The molecule has 0 spiro atoms. The first kappa shape index (κ1) is 23.2. The third-order valence-electron chi connectivity index (χ3n) is 4.47. The topological polar surface area (TPSA) is 94.8 Å². The van der Waals surface area contributed by atoms with Crippen LogP contribution in [-0.2, 0) is 12.3 Å². The number of amides is 1. The maximum Gasteiger partial charge on any atom is 0.573 e.